The molecule has 176 valence electrons. The molecule has 2 aromatic rings. The lowest BCUT2D eigenvalue weighted by Crippen LogP contribution is -2.34. The van der Waals surface area contributed by atoms with Crippen LogP contribution >= 0.6 is 0 Å². The fraction of sp³-hybridized carbons (Fsp3) is 0.583. The largest absolute Gasteiger partial charge is 0.497 e. The van der Waals surface area contributed by atoms with Crippen molar-refractivity contribution in [1.82, 2.24) is 4.98 Å². The third-order valence-corrected chi connectivity index (χ3v) is 5.58. The minimum Gasteiger partial charge on any atom is -0.497 e. The Morgan fingerprint density at radius 3 is 2.72 bits per heavy atom. The van der Waals surface area contributed by atoms with Gasteiger partial charge >= 0.3 is 5.97 Å². The monoisotopic (exact) mass is 447 g/mol. The molecule has 0 bridgehead atoms. The molecule has 1 aliphatic rings. The Hall–Kier alpha value is -2.42. The van der Waals surface area contributed by atoms with E-state index in [9.17, 15) is 9.90 Å². The van der Waals surface area contributed by atoms with Crippen molar-refractivity contribution in [3.8, 4) is 17.2 Å². The zero-order valence-corrected chi connectivity index (χ0v) is 19.0. The fourth-order valence-corrected chi connectivity index (χ4v) is 3.87. The lowest BCUT2D eigenvalue weighted by molar-refractivity contribution is -0.157. The van der Waals surface area contributed by atoms with Crippen molar-refractivity contribution >= 4 is 5.97 Å². The van der Waals surface area contributed by atoms with Crippen LogP contribution in [0.25, 0.3) is 11.5 Å². The van der Waals surface area contributed by atoms with E-state index in [4.69, 9.17) is 23.4 Å². The average molecular weight is 448 g/mol. The van der Waals surface area contributed by atoms with E-state index in [0.29, 0.717) is 19.1 Å². The van der Waals surface area contributed by atoms with Crippen LogP contribution in [0.1, 0.15) is 51.0 Å². The average Bonchev–Trinajstić information content (AvgIpc) is 3.24. The van der Waals surface area contributed by atoms with E-state index in [1.54, 1.807) is 14.0 Å². The van der Waals surface area contributed by atoms with Gasteiger partial charge in [0.2, 0.25) is 5.89 Å². The molecule has 3 unspecified atom stereocenters. The number of benzene rings is 1. The van der Waals surface area contributed by atoms with E-state index in [-0.39, 0.29) is 18.8 Å². The number of carboxylic acid groups (broad SMARTS) is 1. The van der Waals surface area contributed by atoms with Crippen LogP contribution < -0.4 is 4.74 Å². The Labute approximate surface area is 188 Å². The predicted octanol–water partition coefficient (Wildman–Crippen LogP) is 4.25. The maximum absolute atomic E-state index is 11.2. The molecule has 0 aliphatic heterocycles. The van der Waals surface area contributed by atoms with Gasteiger partial charge in [0.25, 0.3) is 0 Å². The van der Waals surface area contributed by atoms with Crippen molar-refractivity contribution in [2.45, 2.75) is 70.9 Å². The summed E-state index contributed by atoms with van der Waals surface area (Å²) in [6.07, 6.45) is 3.31. The van der Waals surface area contributed by atoms with Crippen LogP contribution in [0.5, 0.6) is 5.75 Å². The summed E-state index contributed by atoms with van der Waals surface area (Å²) >= 11 is 0. The fourth-order valence-electron chi connectivity index (χ4n) is 3.87. The van der Waals surface area contributed by atoms with Gasteiger partial charge in [-0.15, -0.1) is 0 Å². The first kappa shape index (κ1) is 24.2. The van der Waals surface area contributed by atoms with Gasteiger partial charge in [0.05, 0.1) is 32.5 Å². The Morgan fingerprint density at radius 1 is 1.25 bits per heavy atom. The van der Waals surface area contributed by atoms with Crippen LogP contribution in [0.2, 0.25) is 0 Å². The van der Waals surface area contributed by atoms with Gasteiger partial charge in [-0.25, -0.2) is 9.78 Å². The van der Waals surface area contributed by atoms with Gasteiger partial charge in [-0.2, -0.15) is 0 Å². The molecule has 1 saturated carbocycles. The van der Waals surface area contributed by atoms with Crippen molar-refractivity contribution in [3.63, 3.8) is 0 Å². The molecule has 8 heteroatoms. The number of carbonyl (C=O) groups is 1. The van der Waals surface area contributed by atoms with E-state index >= 15 is 0 Å². The summed E-state index contributed by atoms with van der Waals surface area (Å²) in [6.45, 7) is 4.56. The summed E-state index contributed by atoms with van der Waals surface area (Å²) in [6, 6.07) is 7.62. The number of aliphatic carboxylic acids is 1. The van der Waals surface area contributed by atoms with Crippen molar-refractivity contribution in [3.05, 3.63) is 35.7 Å². The quantitative estimate of drug-likeness (QED) is 0.515. The molecule has 0 amide bonds. The van der Waals surface area contributed by atoms with Gasteiger partial charge in [0.1, 0.15) is 17.2 Å². The van der Waals surface area contributed by atoms with Crippen molar-refractivity contribution < 1.29 is 33.3 Å². The SMILES string of the molecule is CCOC(COC1CCCC(OCc2nc(-c3cccc(OC)c3)oc2CC)C1)C(=O)O. The molecule has 32 heavy (non-hydrogen) atoms. The Kier molecular flexibility index (Phi) is 9.08. The summed E-state index contributed by atoms with van der Waals surface area (Å²) in [5.41, 5.74) is 1.66. The molecule has 0 radical (unpaired) electrons. The maximum Gasteiger partial charge on any atom is 0.335 e. The van der Waals surface area contributed by atoms with E-state index in [1.807, 2.05) is 31.2 Å². The highest BCUT2D eigenvalue weighted by molar-refractivity contribution is 5.72. The van der Waals surface area contributed by atoms with Gasteiger partial charge in [0, 0.05) is 18.6 Å². The van der Waals surface area contributed by atoms with Gasteiger partial charge in [-0.1, -0.05) is 13.0 Å². The number of rotatable bonds is 12. The smallest absolute Gasteiger partial charge is 0.335 e. The Bertz CT molecular complexity index is 866. The van der Waals surface area contributed by atoms with Crippen LogP contribution in [0.15, 0.2) is 28.7 Å². The topological polar surface area (TPSA) is 100 Å². The second kappa shape index (κ2) is 12.0. The molecule has 1 aromatic carbocycles. The van der Waals surface area contributed by atoms with Crippen molar-refractivity contribution in [1.29, 1.82) is 0 Å². The molecule has 1 fully saturated rings. The Morgan fingerprint density at radius 2 is 2.03 bits per heavy atom. The van der Waals surface area contributed by atoms with Gasteiger partial charge in [0.15, 0.2) is 6.10 Å². The van der Waals surface area contributed by atoms with Crippen LogP contribution in [0.4, 0.5) is 0 Å². The first-order valence-electron chi connectivity index (χ1n) is 11.2. The first-order valence-corrected chi connectivity index (χ1v) is 11.2. The van der Waals surface area contributed by atoms with Crippen molar-refractivity contribution in [2.75, 3.05) is 20.3 Å². The van der Waals surface area contributed by atoms with Crippen LogP contribution in [-0.2, 0) is 32.0 Å². The summed E-state index contributed by atoms with van der Waals surface area (Å²) in [5.74, 6) is 1.12. The highest BCUT2D eigenvalue weighted by atomic mass is 16.6. The number of methoxy groups -OCH3 is 1. The molecule has 0 spiro atoms. The summed E-state index contributed by atoms with van der Waals surface area (Å²) in [4.78, 5) is 15.9. The number of nitrogens with zero attached hydrogens (tertiary/aromatic N) is 1. The maximum atomic E-state index is 11.2. The second-order valence-electron chi connectivity index (χ2n) is 7.81. The number of carboxylic acids is 1. The van der Waals surface area contributed by atoms with Crippen molar-refractivity contribution in [2.24, 2.45) is 0 Å². The number of aryl methyl sites for hydroxylation is 1. The normalized spacial score (nSPS) is 19.6. The zero-order valence-electron chi connectivity index (χ0n) is 19.0. The summed E-state index contributed by atoms with van der Waals surface area (Å²) in [5, 5.41) is 9.21. The molecule has 1 aliphatic carbocycles. The summed E-state index contributed by atoms with van der Waals surface area (Å²) in [7, 11) is 1.63. The predicted molar refractivity (Wildman–Crippen MR) is 118 cm³/mol. The summed E-state index contributed by atoms with van der Waals surface area (Å²) < 4.78 is 28.5. The molecular weight excluding hydrogens is 414 g/mol. The lowest BCUT2D eigenvalue weighted by Gasteiger charge is -2.29. The lowest BCUT2D eigenvalue weighted by atomic mass is 9.95. The molecule has 3 rings (SSSR count). The van der Waals surface area contributed by atoms with Gasteiger partial charge in [-0.3, -0.25) is 0 Å². The number of aromatic nitrogens is 1. The number of hydrogen-bond donors (Lipinski definition) is 1. The zero-order chi connectivity index (χ0) is 22.9. The van der Waals surface area contributed by atoms with Crippen LogP contribution in [0, 0.1) is 0 Å². The van der Waals surface area contributed by atoms with E-state index < -0.39 is 12.1 Å². The molecule has 1 aromatic heterocycles. The highest BCUT2D eigenvalue weighted by Gasteiger charge is 2.26. The minimum atomic E-state index is -1.000. The highest BCUT2D eigenvalue weighted by Crippen LogP contribution is 2.28. The molecule has 8 nitrogen and oxygen atoms in total. The number of ether oxygens (including phenoxy) is 4. The third kappa shape index (κ3) is 6.54. The third-order valence-electron chi connectivity index (χ3n) is 5.58. The number of hydrogen-bond acceptors (Lipinski definition) is 7. The van der Waals surface area contributed by atoms with Crippen LogP contribution in [0.3, 0.4) is 0 Å². The minimum absolute atomic E-state index is 0.0331. The van der Waals surface area contributed by atoms with Gasteiger partial charge < -0.3 is 28.5 Å². The molecule has 1 N–H and O–H groups in total. The molecule has 1 heterocycles. The standard InChI is InChI=1S/C24H33NO7/c1-4-21-20(25-23(32-21)16-8-6-9-17(12-16)28-3)14-30-18-10-7-11-19(13-18)31-15-22(24(26)27)29-5-2/h6,8-9,12,18-19,22H,4-5,7,10-11,13-15H2,1-3H3,(H,26,27). The van der Waals surface area contributed by atoms with E-state index in [0.717, 1.165) is 54.9 Å². The number of oxazole rings is 1. The second-order valence-corrected chi connectivity index (χ2v) is 7.81. The van der Waals surface area contributed by atoms with Gasteiger partial charge in [-0.05, 0) is 50.8 Å². The Balaban J connectivity index is 1.56. The first-order chi connectivity index (χ1) is 15.5. The molecular formula is C24H33NO7. The van der Waals surface area contributed by atoms with E-state index in [2.05, 4.69) is 4.98 Å². The van der Waals surface area contributed by atoms with Crippen LogP contribution in [-0.4, -0.2) is 54.7 Å². The molecule has 3 atom stereocenters. The van der Waals surface area contributed by atoms with E-state index in [1.165, 1.54) is 0 Å². The molecule has 0 saturated heterocycles.